The van der Waals surface area contributed by atoms with E-state index in [1.807, 2.05) is 11.8 Å². The fraction of sp³-hybridized carbons (Fsp3) is 0.619. The van der Waals surface area contributed by atoms with Crippen LogP contribution in [0.3, 0.4) is 0 Å². The molecule has 1 aromatic carbocycles. The summed E-state index contributed by atoms with van der Waals surface area (Å²) in [6, 6.07) is 4.62. The van der Waals surface area contributed by atoms with Crippen LogP contribution in [0.15, 0.2) is 18.2 Å². The van der Waals surface area contributed by atoms with Gasteiger partial charge in [-0.05, 0) is 55.4 Å². The van der Waals surface area contributed by atoms with Gasteiger partial charge in [-0.25, -0.2) is 4.39 Å². The molecule has 1 N–H and O–H groups in total. The molecule has 1 aliphatic carbocycles. The van der Waals surface area contributed by atoms with Crippen molar-refractivity contribution >= 4 is 11.8 Å². The van der Waals surface area contributed by atoms with Gasteiger partial charge in [0.2, 0.25) is 11.8 Å². The highest BCUT2D eigenvalue weighted by Crippen LogP contribution is 2.27. The Hall–Kier alpha value is -1.91. The van der Waals surface area contributed by atoms with E-state index >= 15 is 0 Å². The van der Waals surface area contributed by atoms with Crippen molar-refractivity contribution in [1.29, 1.82) is 0 Å². The molecule has 1 heterocycles. The number of benzene rings is 1. The number of hydrogen-bond acceptors (Lipinski definition) is 2. The van der Waals surface area contributed by atoms with Crippen LogP contribution in [0.25, 0.3) is 0 Å². The minimum Gasteiger partial charge on any atom is -0.352 e. The molecule has 0 radical (unpaired) electrons. The molecule has 142 valence electrons. The van der Waals surface area contributed by atoms with Crippen molar-refractivity contribution in [1.82, 2.24) is 10.2 Å². The Kier molecular flexibility index (Phi) is 6.28. The Labute approximate surface area is 155 Å². The van der Waals surface area contributed by atoms with Crippen LogP contribution >= 0.6 is 0 Å². The van der Waals surface area contributed by atoms with Gasteiger partial charge in [0, 0.05) is 26.1 Å². The van der Waals surface area contributed by atoms with Crippen molar-refractivity contribution in [2.45, 2.75) is 58.4 Å². The van der Waals surface area contributed by atoms with E-state index in [1.165, 1.54) is 44.2 Å². The average Bonchev–Trinajstić information content (AvgIpc) is 2.65. The summed E-state index contributed by atoms with van der Waals surface area (Å²) in [6.07, 6.45) is 7.25. The fourth-order valence-electron chi connectivity index (χ4n) is 4.14. The maximum atomic E-state index is 13.4. The summed E-state index contributed by atoms with van der Waals surface area (Å²) >= 11 is 0. The zero-order valence-electron chi connectivity index (χ0n) is 15.6. The molecule has 1 atom stereocenters. The number of rotatable bonds is 5. The Morgan fingerprint density at radius 1 is 1.23 bits per heavy atom. The van der Waals surface area contributed by atoms with E-state index in [1.54, 1.807) is 6.07 Å². The number of likely N-dealkylation sites (tertiary alicyclic amines) is 1. The zero-order chi connectivity index (χ0) is 18.5. The highest BCUT2D eigenvalue weighted by atomic mass is 19.1. The van der Waals surface area contributed by atoms with E-state index in [9.17, 15) is 14.0 Å². The molecular formula is C21H29FN2O2. The average molecular weight is 360 g/mol. The maximum Gasteiger partial charge on any atom is 0.225 e. The minimum absolute atomic E-state index is 0.0326. The van der Waals surface area contributed by atoms with Crippen molar-refractivity contribution in [3.63, 3.8) is 0 Å². The van der Waals surface area contributed by atoms with Gasteiger partial charge in [-0.1, -0.05) is 25.3 Å². The zero-order valence-corrected chi connectivity index (χ0v) is 15.6. The molecule has 2 amide bonds. The molecule has 0 bridgehead atoms. The minimum atomic E-state index is -0.290. The summed E-state index contributed by atoms with van der Waals surface area (Å²) in [5, 5.41) is 2.93. The number of hydrogen-bond donors (Lipinski definition) is 1. The van der Waals surface area contributed by atoms with E-state index in [2.05, 4.69) is 5.32 Å². The molecule has 3 rings (SSSR count). The second kappa shape index (κ2) is 8.65. The summed E-state index contributed by atoms with van der Waals surface area (Å²) in [6.45, 7) is 3.55. The third-order valence-electron chi connectivity index (χ3n) is 5.84. The van der Waals surface area contributed by atoms with Crippen molar-refractivity contribution in [2.24, 2.45) is 11.8 Å². The largest absolute Gasteiger partial charge is 0.352 e. The number of carbonyl (C=O) groups is 2. The summed E-state index contributed by atoms with van der Waals surface area (Å²) in [7, 11) is 0. The summed E-state index contributed by atoms with van der Waals surface area (Å²) in [5.41, 5.74) is 1.76. The fourth-order valence-corrected chi connectivity index (χ4v) is 4.14. The van der Waals surface area contributed by atoms with Crippen molar-refractivity contribution in [2.75, 3.05) is 13.1 Å². The lowest BCUT2D eigenvalue weighted by molar-refractivity contribution is -0.139. The number of nitrogens with one attached hydrogen (secondary N) is 1. The van der Waals surface area contributed by atoms with Crippen LogP contribution in [0.5, 0.6) is 0 Å². The van der Waals surface area contributed by atoms with Gasteiger partial charge >= 0.3 is 0 Å². The van der Waals surface area contributed by atoms with E-state index < -0.39 is 0 Å². The highest BCUT2D eigenvalue weighted by Gasteiger charge is 2.31. The van der Waals surface area contributed by atoms with Crippen molar-refractivity contribution in [3.8, 4) is 0 Å². The number of piperidine rings is 1. The smallest absolute Gasteiger partial charge is 0.225 e. The van der Waals surface area contributed by atoms with Gasteiger partial charge in [-0.2, -0.15) is 0 Å². The topological polar surface area (TPSA) is 49.4 Å². The number of halogens is 1. The summed E-state index contributed by atoms with van der Waals surface area (Å²) in [5.74, 6) is 0.284. The molecule has 1 saturated heterocycles. The standard InChI is InChI=1S/C21H29FN2O2/c1-15-7-9-19(22)11-18(15)12-23-21(26)17-8-10-20(25)24(14-17)13-16-5-3-2-4-6-16/h7,9,11,16-17H,2-6,8,10,12-14H2,1H3,(H,23,26). The third-order valence-corrected chi connectivity index (χ3v) is 5.84. The summed E-state index contributed by atoms with van der Waals surface area (Å²) < 4.78 is 13.4. The van der Waals surface area contributed by atoms with Crippen LogP contribution in [0, 0.1) is 24.6 Å². The molecule has 1 aliphatic heterocycles. The molecular weight excluding hydrogens is 331 g/mol. The van der Waals surface area contributed by atoms with Crippen molar-refractivity contribution < 1.29 is 14.0 Å². The van der Waals surface area contributed by atoms with Gasteiger partial charge < -0.3 is 10.2 Å². The van der Waals surface area contributed by atoms with Crippen LogP contribution in [0.2, 0.25) is 0 Å². The summed E-state index contributed by atoms with van der Waals surface area (Å²) in [4.78, 5) is 26.7. The predicted molar refractivity (Wildman–Crippen MR) is 98.9 cm³/mol. The lowest BCUT2D eigenvalue weighted by Gasteiger charge is -2.35. The molecule has 1 aromatic rings. The molecule has 1 unspecified atom stereocenters. The Morgan fingerprint density at radius 2 is 2.00 bits per heavy atom. The van der Waals surface area contributed by atoms with Crippen LogP contribution in [-0.2, 0) is 16.1 Å². The second-order valence-corrected chi connectivity index (χ2v) is 7.83. The second-order valence-electron chi connectivity index (χ2n) is 7.83. The molecule has 0 aromatic heterocycles. The van der Waals surface area contributed by atoms with Gasteiger partial charge in [-0.3, -0.25) is 9.59 Å². The first-order valence-corrected chi connectivity index (χ1v) is 9.83. The van der Waals surface area contributed by atoms with E-state index in [0.29, 0.717) is 31.8 Å². The number of aryl methyl sites for hydroxylation is 1. The number of carbonyl (C=O) groups excluding carboxylic acids is 2. The van der Waals surface area contributed by atoms with Gasteiger partial charge in [0.25, 0.3) is 0 Å². The van der Waals surface area contributed by atoms with E-state index in [4.69, 9.17) is 0 Å². The number of amides is 2. The van der Waals surface area contributed by atoms with Crippen LogP contribution < -0.4 is 5.32 Å². The molecule has 0 spiro atoms. The first kappa shape index (κ1) is 18.9. The molecule has 2 fully saturated rings. The van der Waals surface area contributed by atoms with Crippen LogP contribution in [0.4, 0.5) is 4.39 Å². The Bertz CT molecular complexity index is 655. The molecule has 2 aliphatic rings. The molecule has 4 nitrogen and oxygen atoms in total. The normalized spacial score (nSPS) is 21.7. The van der Waals surface area contributed by atoms with Crippen molar-refractivity contribution in [3.05, 3.63) is 35.1 Å². The molecule has 5 heteroatoms. The lowest BCUT2D eigenvalue weighted by Crippen LogP contribution is -2.47. The van der Waals surface area contributed by atoms with Gasteiger partial charge in [0.15, 0.2) is 0 Å². The molecule has 26 heavy (non-hydrogen) atoms. The maximum absolute atomic E-state index is 13.4. The SMILES string of the molecule is Cc1ccc(F)cc1CNC(=O)C1CCC(=O)N(CC2CCCCC2)C1. The lowest BCUT2D eigenvalue weighted by atomic mass is 9.87. The first-order chi connectivity index (χ1) is 12.5. The third kappa shape index (κ3) is 4.83. The predicted octanol–water partition coefficient (Wildman–Crippen LogP) is 3.57. The molecule has 1 saturated carbocycles. The van der Waals surface area contributed by atoms with Crippen LogP contribution in [-0.4, -0.2) is 29.8 Å². The van der Waals surface area contributed by atoms with Gasteiger partial charge in [-0.15, -0.1) is 0 Å². The highest BCUT2D eigenvalue weighted by molar-refractivity contribution is 5.83. The van der Waals surface area contributed by atoms with E-state index in [-0.39, 0.29) is 23.5 Å². The van der Waals surface area contributed by atoms with Crippen LogP contribution in [0.1, 0.15) is 56.1 Å². The monoisotopic (exact) mass is 360 g/mol. The van der Waals surface area contributed by atoms with Gasteiger partial charge in [0.1, 0.15) is 5.82 Å². The number of nitrogens with zero attached hydrogens (tertiary/aromatic N) is 1. The Balaban J connectivity index is 1.53. The quantitative estimate of drug-likeness (QED) is 0.873. The first-order valence-electron chi connectivity index (χ1n) is 9.83. The van der Waals surface area contributed by atoms with E-state index in [0.717, 1.165) is 17.7 Å². The van der Waals surface area contributed by atoms with Gasteiger partial charge in [0.05, 0.1) is 5.92 Å². The Morgan fingerprint density at radius 3 is 2.77 bits per heavy atom.